The molecule has 6 nitrogen and oxygen atoms in total. The number of hydrogen-bond acceptors (Lipinski definition) is 4. The number of nitrogens with two attached hydrogens (primary N) is 1. The summed E-state index contributed by atoms with van der Waals surface area (Å²) < 4.78 is 13.5. The number of nitrogens with zero attached hydrogens (tertiary/aromatic N) is 1. The van der Waals surface area contributed by atoms with Crippen molar-refractivity contribution in [3.05, 3.63) is 58.9 Å². The Morgan fingerprint density at radius 1 is 1.30 bits per heavy atom. The lowest BCUT2D eigenvalue weighted by Gasteiger charge is -2.25. The van der Waals surface area contributed by atoms with Gasteiger partial charge in [0.15, 0.2) is 6.04 Å². The predicted octanol–water partition coefficient (Wildman–Crippen LogP) is 1.90. The number of phenols is 1. The normalized spacial score (nSPS) is 14.7. The van der Waals surface area contributed by atoms with E-state index in [0.29, 0.717) is 5.56 Å². The first-order chi connectivity index (χ1) is 10.9. The summed E-state index contributed by atoms with van der Waals surface area (Å²) in [5.74, 6) is -3.02. The fourth-order valence-corrected chi connectivity index (χ4v) is 2.80. The number of aromatic hydroxyl groups is 1. The summed E-state index contributed by atoms with van der Waals surface area (Å²) in [6, 6.07) is 6.36. The zero-order chi connectivity index (χ0) is 16.7. The van der Waals surface area contributed by atoms with Crippen LogP contribution in [0.25, 0.3) is 0 Å². The van der Waals surface area contributed by atoms with E-state index in [1.807, 2.05) is 0 Å². The molecular formula is C16H13FN2O4. The molecule has 7 heteroatoms. The van der Waals surface area contributed by atoms with Crippen molar-refractivity contribution in [1.29, 1.82) is 0 Å². The van der Waals surface area contributed by atoms with E-state index in [4.69, 9.17) is 5.73 Å². The van der Waals surface area contributed by atoms with Crippen LogP contribution in [0, 0.1) is 5.82 Å². The number of carboxylic acids is 1. The Hall–Kier alpha value is -3.09. The molecule has 0 radical (unpaired) electrons. The number of hydrogen-bond donors (Lipinski definition) is 3. The van der Waals surface area contributed by atoms with Crippen LogP contribution in [0.5, 0.6) is 5.75 Å². The summed E-state index contributed by atoms with van der Waals surface area (Å²) in [6.45, 7) is 0.0200. The van der Waals surface area contributed by atoms with E-state index in [1.165, 1.54) is 0 Å². The molecule has 23 heavy (non-hydrogen) atoms. The molecule has 0 fully saturated rings. The molecule has 4 N–H and O–H groups in total. The summed E-state index contributed by atoms with van der Waals surface area (Å²) in [4.78, 5) is 25.3. The van der Waals surface area contributed by atoms with Crippen LogP contribution in [-0.4, -0.2) is 27.0 Å². The number of halogens is 1. The average Bonchev–Trinajstić information content (AvgIpc) is 2.81. The highest BCUT2D eigenvalue weighted by Crippen LogP contribution is 2.37. The molecule has 2 aromatic carbocycles. The van der Waals surface area contributed by atoms with E-state index in [0.717, 1.165) is 23.1 Å². The van der Waals surface area contributed by atoms with E-state index in [1.54, 1.807) is 18.2 Å². The third kappa shape index (κ3) is 2.36. The fourth-order valence-electron chi connectivity index (χ4n) is 2.80. The summed E-state index contributed by atoms with van der Waals surface area (Å²) in [5, 5.41) is 19.4. The SMILES string of the molecule is Nc1cccc2c1C(=O)N(C(C(=O)O)c1cc(F)ccc1O)C2. The van der Waals surface area contributed by atoms with Crippen molar-refractivity contribution in [2.24, 2.45) is 0 Å². The largest absolute Gasteiger partial charge is 0.508 e. The maximum atomic E-state index is 13.5. The van der Waals surface area contributed by atoms with Gasteiger partial charge in [0.25, 0.3) is 5.91 Å². The zero-order valence-electron chi connectivity index (χ0n) is 11.9. The summed E-state index contributed by atoms with van der Waals surface area (Å²) in [6.07, 6.45) is 0. The maximum Gasteiger partial charge on any atom is 0.331 e. The van der Waals surface area contributed by atoms with Gasteiger partial charge in [-0.1, -0.05) is 12.1 Å². The number of carboxylic acid groups (broad SMARTS) is 1. The molecule has 0 aromatic heterocycles. The van der Waals surface area contributed by atoms with Gasteiger partial charge in [-0.2, -0.15) is 0 Å². The number of amides is 1. The van der Waals surface area contributed by atoms with E-state index in [2.05, 4.69) is 0 Å². The standard InChI is InChI=1S/C16H13FN2O4/c17-9-4-5-12(20)10(6-9)14(16(22)23)19-7-8-2-1-3-11(18)13(8)15(19)21/h1-6,14,20H,7,18H2,(H,22,23). The molecule has 0 aliphatic carbocycles. The van der Waals surface area contributed by atoms with Gasteiger partial charge in [-0.15, -0.1) is 0 Å². The van der Waals surface area contributed by atoms with Crippen molar-refractivity contribution in [2.75, 3.05) is 5.73 Å². The van der Waals surface area contributed by atoms with Gasteiger partial charge in [0, 0.05) is 17.8 Å². The maximum absolute atomic E-state index is 13.5. The lowest BCUT2D eigenvalue weighted by Crippen LogP contribution is -2.34. The number of fused-ring (bicyclic) bond motifs is 1. The predicted molar refractivity (Wildman–Crippen MR) is 79.2 cm³/mol. The van der Waals surface area contributed by atoms with Crippen molar-refractivity contribution >= 4 is 17.6 Å². The highest BCUT2D eigenvalue weighted by atomic mass is 19.1. The molecule has 3 rings (SSSR count). The number of carbonyl (C=O) groups is 2. The summed E-state index contributed by atoms with van der Waals surface area (Å²) >= 11 is 0. The summed E-state index contributed by atoms with van der Waals surface area (Å²) in [7, 11) is 0. The van der Waals surface area contributed by atoms with Crippen LogP contribution in [-0.2, 0) is 11.3 Å². The van der Waals surface area contributed by atoms with E-state index in [-0.39, 0.29) is 23.4 Å². The second-order valence-electron chi connectivity index (χ2n) is 5.26. The van der Waals surface area contributed by atoms with Crippen LogP contribution in [0.4, 0.5) is 10.1 Å². The first-order valence-corrected chi connectivity index (χ1v) is 6.79. The van der Waals surface area contributed by atoms with E-state index < -0.39 is 29.5 Å². The highest BCUT2D eigenvalue weighted by Gasteiger charge is 2.39. The molecule has 1 heterocycles. The molecule has 0 saturated heterocycles. The molecule has 1 amide bonds. The number of phenolic OH excluding ortho intramolecular Hbond substituents is 1. The molecule has 1 aliphatic rings. The van der Waals surface area contributed by atoms with Crippen molar-refractivity contribution in [3.8, 4) is 5.75 Å². The Balaban J connectivity index is 2.08. The van der Waals surface area contributed by atoms with Gasteiger partial charge < -0.3 is 20.8 Å². The number of benzene rings is 2. The minimum Gasteiger partial charge on any atom is -0.508 e. The lowest BCUT2D eigenvalue weighted by atomic mass is 10.0. The van der Waals surface area contributed by atoms with Gasteiger partial charge >= 0.3 is 5.97 Å². The number of rotatable bonds is 3. The van der Waals surface area contributed by atoms with E-state index in [9.17, 15) is 24.2 Å². The molecule has 0 bridgehead atoms. The molecular weight excluding hydrogens is 303 g/mol. The molecule has 2 aromatic rings. The number of anilines is 1. The van der Waals surface area contributed by atoms with Gasteiger partial charge in [0.05, 0.1) is 5.56 Å². The number of carbonyl (C=O) groups excluding carboxylic acids is 1. The van der Waals surface area contributed by atoms with Gasteiger partial charge in [-0.05, 0) is 29.8 Å². The van der Waals surface area contributed by atoms with Crippen LogP contribution in [0.15, 0.2) is 36.4 Å². The topological polar surface area (TPSA) is 104 Å². The minimum atomic E-state index is -1.51. The van der Waals surface area contributed by atoms with Gasteiger partial charge in [-0.25, -0.2) is 9.18 Å². The second-order valence-corrected chi connectivity index (χ2v) is 5.26. The Morgan fingerprint density at radius 2 is 2.04 bits per heavy atom. The van der Waals surface area contributed by atoms with Crippen LogP contribution < -0.4 is 5.73 Å². The fraction of sp³-hybridized carbons (Fsp3) is 0.125. The highest BCUT2D eigenvalue weighted by molar-refractivity contribution is 6.04. The Bertz CT molecular complexity index is 822. The molecule has 118 valence electrons. The Morgan fingerprint density at radius 3 is 2.70 bits per heavy atom. The Labute approximate surface area is 130 Å². The van der Waals surface area contributed by atoms with Crippen molar-refractivity contribution in [1.82, 2.24) is 4.90 Å². The molecule has 1 atom stereocenters. The van der Waals surface area contributed by atoms with Crippen LogP contribution >= 0.6 is 0 Å². The zero-order valence-corrected chi connectivity index (χ0v) is 11.9. The molecule has 1 unspecified atom stereocenters. The quantitative estimate of drug-likeness (QED) is 0.750. The first kappa shape index (κ1) is 14.8. The molecule has 0 saturated carbocycles. The lowest BCUT2D eigenvalue weighted by molar-refractivity contribution is -0.142. The summed E-state index contributed by atoms with van der Waals surface area (Å²) in [5.41, 5.74) is 6.70. The molecule has 1 aliphatic heterocycles. The van der Waals surface area contributed by atoms with Crippen molar-refractivity contribution in [3.63, 3.8) is 0 Å². The van der Waals surface area contributed by atoms with Crippen LogP contribution in [0.2, 0.25) is 0 Å². The first-order valence-electron chi connectivity index (χ1n) is 6.79. The van der Waals surface area contributed by atoms with Crippen LogP contribution in [0.3, 0.4) is 0 Å². The van der Waals surface area contributed by atoms with Crippen molar-refractivity contribution < 1.29 is 24.2 Å². The van der Waals surface area contributed by atoms with E-state index >= 15 is 0 Å². The average molecular weight is 316 g/mol. The third-order valence-electron chi connectivity index (χ3n) is 3.83. The molecule has 0 spiro atoms. The van der Waals surface area contributed by atoms with Crippen molar-refractivity contribution in [2.45, 2.75) is 12.6 Å². The Kier molecular flexibility index (Phi) is 3.40. The third-order valence-corrected chi connectivity index (χ3v) is 3.83. The number of nitrogen functional groups attached to an aromatic ring is 1. The monoisotopic (exact) mass is 316 g/mol. The smallest absolute Gasteiger partial charge is 0.331 e. The van der Waals surface area contributed by atoms with Gasteiger partial charge in [0.1, 0.15) is 11.6 Å². The second kappa shape index (κ2) is 5.28. The minimum absolute atomic E-state index is 0.0200. The van der Waals surface area contributed by atoms with Gasteiger partial charge in [-0.3, -0.25) is 4.79 Å². The van der Waals surface area contributed by atoms with Crippen LogP contribution in [0.1, 0.15) is 27.5 Å². The number of aliphatic carboxylic acids is 1. The van der Waals surface area contributed by atoms with Gasteiger partial charge in [0.2, 0.25) is 0 Å².